The summed E-state index contributed by atoms with van der Waals surface area (Å²) >= 11 is 2.12. The van der Waals surface area contributed by atoms with E-state index in [1.807, 2.05) is 0 Å². The van der Waals surface area contributed by atoms with Gasteiger partial charge in [-0.15, -0.1) is 0 Å². The van der Waals surface area contributed by atoms with Gasteiger partial charge in [0.15, 0.2) is 0 Å². The van der Waals surface area contributed by atoms with Crippen LogP contribution in [0, 0.1) is 5.92 Å². The zero-order valence-corrected chi connectivity index (χ0v) is 6.50. The minimum Gasteiger partial charge on any atom is -0.159 e. The Morgan fingerprint density at radius 1 is 1.38 bits per heavy atom. The molecule has 0 amide bonds. The molecule has 0 spiro atoms. The van der Waals surface area contributed by atoms with E-state index in [1.54, 1.807) is 0 Å². The molecule has 0 bridgehead atoms. The SMILES string of the molecule is C[C@H]1CCS[C@H](C)C1. The van der Waals surface area contributed by atoms with E-state index in [9.17, 15) is 0 Å². The number of hydrogen-bond acceptors (Lipinski definition) is 1. The number of thioether (sulfide) groups is 1. The molecule has 0 aromatic rings. The predicted molar refractivity (Wildman–Crippen MR) is 40.3 cm³/mol. The van der Waals surface area contributed by atoms with Crippen LogP contribution in [0.15, 0.2) is 0 Å². The van der Waals surface area contributed by atoms with Crippen molar-refractivity contribution in [3.8, 4) is 0 Å². The maximum absolute atomic E-state index is 2.36. The van der Waals surface area contributed by atoms with E-state index in [0.717, 1.165) is 11.2 Å². The zero-order valence-electron chi connectivity index (χ0n) is 5.68. The summed E-state index contributed by atoms with van der Waals surface area (Å²) in [5.41, 5.74) is 0. The van der Waals surface area contributed by atoms with E-state index in [2.05, 4.69) is 25.6 Å². The molecule has 1 fully saturated rings. The molecular weight excluding hydrogens is 116 g/mol. The molecule has 1 heteroatoms. The Morgan fingerprint density at radius 3 is 2.50 bits per heavy atom. The molecular formula is C7H14S. The smallest absolute Gasteiger partial charge is 0.00212 e. The van der Waals surface area contributed by atoms with Gasteiger partial charge in [0.25, 0.3) is 0 Å². The highest BCUT2D eigenvalue weighted by molar-refractivity contribution is 7.99. The van der Waals surface area contributed by atoms with Crippen LogP contribution in [0.1, 0.15) is 26.7 Å². The fourth-order valence-corrected chi connectivity index (χ4v) is 2.63. The second-order valence-electron chi connectivity index (χ2n) is 2.81. The maximum atomic E-state index is 2.36. The molecule has 0 nitrogen and oxygen atoms in total. The molecule has 0 N–H and O–H groups in total. The summed E-state index contributed by atoms with van der Waals surface area (Å²) in [5, 5.41) is 0.929. The summed E-state index contributed by atoms with van der Waals surface area (Å²) < 4.78 is 0. The first-order valence-corrected chi connectivity index (χ1v) is 4.45. The van der Waals surface area contributed by atoms with Crippen LogP contribution in [0.2, 0.25) is 0 Å². The van der Waals surface area contributed by atoms with Gasteiger partial charge in [0.05, 0.1) is 0 Å². The van der Waals surface area contributed by atoms with Crippen molar-refractivity contribution in [2.75, 3.05) is 5.75 Å². The first-order chi connectivity index (χ1) is 3.79. The van der Waals surface area contributed by atoms with Gasteiger partial charge in [-0.25, -0.2) is 0 Å². The number of hydrogen-bond donors (Lipinski definition) is 0. The Labute approximate surface area is 56.0 Å². The second kappa shape index (κ2) is 2.77. The van der Waals surface area contributed by atoms with Crippen molar-refractivity contribution in [1.82, 2.24) is 0 Å². The Bertz CT molecular complexity index is 62.8. The summed E-state index contributed by atoms with van der Waals surface area (Å²) in [6, 6.07) is 0. The normalized spacial score (nSPS) is 39.8. The van der Waals surface area contributed by atoms with Crippen LogP contribution in [0.3, 0.4) is 0 Å². The van der Waals surface area contributed by atoms with E-state index in [0.29, 0.717) is 0 Å². The molecule has 0 radical (unpaired) electrons. The molecule has 48 valence electrons. The highest BCUT2D eigenvalue weighted by Crippen LogP contribution is 2.28. The van der Waals surface area contributed by atoms with Crippen molar-refractivity contribution >= 4 is 11.8 Å². The van der Waals surface area contributed by atoms with E-state index in [4.69, 9.17) is 0 Å². The van der Waals surface area contributed by atoms with Crippen LogP contribution in [-0.2, 0) is 0 Å². The van der Waals surface area contributed by atoms with Crippen LogP contribution < -0.4 is 0 Å². The van der Waals surface area contributed by atoms with Gasteiger partial charge in [0, 0.05) is 5.25 Å². The van der Waals surface area contributed by atoms with E-state index < -0.39 is 0 Å². The first kappa shape index (κ1) is 6.47. The lowest BCUT2D eigenvalue weighted by molar-refractivity contribution is 0.504. The molecule has 0 unspecified atom stereocenters. The highest BCUT2D eigenvalue weighted by Gasteiger charge is 2.14. The Balaban J connectivity index is 2.23. The van der Waals surface area contributed by atoms with Gasteiger partial charge >= 0.3 is 0 Å². The fourth-order valence-electron chi connectivity index (χ4n) is 1.22. The Kier molecular flexibility index (Phi) is 2.24. The average molecular weight is 130 g/mol. The maximum Gasteiger partial charge on any atom is 0.00212 e. The minimum absolute atomic E-state index is 0.929. The lowest BCUT2D eigenvalue weighted by Crippen LogP contribution is -2.12. The lowest BCUT2D eigenvalue weighted by atomic mass is 10.0. The van der Waals surface area contributed by atoms with Crippen molar-refractivity contribution in [2.45, 2.75) is 31.9 Å². The van der Waals surface area contributed by atoms with Gasteiger partial charge in [0.1, 0.15) is 0 Å². The summed E-state index contributed by atoms with van der Waals surface area (Å²) in [6.07, 6.45) is 2.87. The van der Waals surface area contributed by atoms with Crippen LogP contribution in [-0.4, -0.2) is 11.0 Å². The molecule has 0 aromatic carbocycles. The quantitative estimate of drug-likeness (QED) is 0.485. The monoisotopic (exact) mass is 130 g/mol. The third-order valence-electron chi connectivity index (χ3n) is 1.75. The van der Waals surface area contributed by atoms with Gasteiger partial charge in [-0.1, -0.05) is 13.8 Å². The Morgan fingerprint density at radius 2 is 2.12 bits per heavy atom. The standard InChI is InChI=1S/C7H14S/c1-6-3-4-8-7(2)5-6/h6-7H,3-5H2,1-2H3/t6-,7+/m0/s1. The van der Waals surface area contributed by atoms with Crippen LogP contribution in [0.5, 0.6) is 0 Å². The van der Waals surface area contributed by atoms with Gasteiger partial charge in [0.2, 0.25) is 0 Å². The van der Waals surface area contributed by atoms with Crippen LogP contribution >= 0.6 is 11.8 Å². The van der Waals surface area contributed by atoms with Crippen molar-refractivity contribution < 1.29 is 0 Å². The highest BCUT2D eigenvalue weighted by atomic mass is 32.2. The lowest BCUT2D eigenvalue weighted by Gasteiger charge is -2.22. The third-order valence-corrected chi connectivity index (χ3v) is 2.98. The molecule has 8 heavy (non-hydrogen) atoms. The van der Waals surface area contributed by atoms with Gasteiger partial charge in [-0.3, -0.25) is 0 Å². The zero-order chi connectivity index (χ0) is 5.98. The summed E-state index contributed by atoms with van der Waals surface area (Å²) in [6.45, 7) is 4.69. The average Bonchev–Trinajstić information content (AvgIpc) is 1.64. The fraction of sp³-hybridized carbons (Fsp3) is 1.00. The van der Waals surface area contributed by atoms with Crippen molar-refractivity contribution in [1.29, 1.82) is 0 Å². The molecule has 1 aliphatic rings. The largest absolute Gasteiger partial charge is 0.159 e. The first-order valence-electron chi connectivity index (χ1n) is 3.40. The molecule has 1 saturated heterocycles. The Hall–Kier alpha value is 0.350. The molecule has 1 rings (SSSR count). The van der Waals surface area contributed by atoms with Crippen LogP contribution in [0.4, 0.5) is 0 Å². The van der Waals surface area contributed by atoms with E-state index in [1.165, 1.54) is 18.6 Å². The third kappa shape index (κ3) is 1.70. The molecule has 0 saturated carbocycles. The molecule has 0 aliphatic carbocycles. The number of rotatable bonds is 0. The van der Waals surface area contributed by atoms with Crippen LogP contribution in [0.25, 0.3) is 0 Å². The summed E-state index contributed by atoms with van der Waals surface area (Å²) in [5.74, 6) is 2.38. The van der Waals surface area contributed by atoms with Crippen molar-refractivity contribution in [3.63, 3.8) is 0 Å². The summed E-state index contributed by atoms with van der Waals surface area (Å²) in [4.78, 5) is 0. The molecule has 2 atom stereocenters. The van der Waals surface area contributed by atoms with Gasteiger partial charge in [-0.2, -0.15) is 11.8 Å². The molecule has 0 aromatic heterocycles. The second-order valence-corrected chi connectivity index (χ2v) is 4.36. The van der Waals surface area contributed by atoms with Crippen molar-refractivity contribution in [3.05, 3.63) is 0 Å². The molecule has 1 heterocycles. The molecule has 1 aliphatic heterocycles. The van der Waals surface area contributed by atoms with Crippen molar-refractivity contribution in [2.24, 2.45) is 5.92 Å². The summed E-state index contributed by atoms with van der Waals surface area (Å²) in [7, 11) is 0. The topological polar surface area (TPSA) is 0 Å². The minimum atomic E-state index is 0.929. The van der Waals surface area contributed by atoms with E-state index in [-0.39, 0.29) is 0 Å². The van der Waals surface area contributed by atoms with Gasteiger partial charge < -0.3 is 0 Å². The predicted octanol–water partition coefficient (Wildman–Crippen LogP) is 2.54. The van der Waals surface area contributed by atoms with Gasteiger partial charge in [-0.05, 0) is 24.5 Å². The van der Waals surface area contributed by atoms with E-state index >= 15 is 0 Å².